The van der Waals surface area contributed by atoms with E-state index < -0.39 is 0 Å². The van der Waals surface area contributed by atoms with Crippen molar-refractivity contribution in [2.24, 2.45) is 0 Å². The first-order chi connectivity index (χ1) is 11.3. The van der Waals surface area contributed by atoms with Gasteiger partial charge in [-0.05, 0) is 12.1 Å². The van der Waals surface area contributed by atoms with Crippen LogP contribution in [0.3, 0.4) is 0 Å². The van der Waals surface area contributed by atoms with Crippen molar-refractivity contribution in [1.29, 1.82) is 0 Å². The molecule has 9 heteroatoms. The molecule has 0 fully saturated rings. The van der Waals surface area contributed by atoms with Crippen LogP contribution >= 0.6 is 11.8 Å². The first kappa shape index (κ1) is 15.7. The van der Waals surface area contributed by atoms with Crippen LogP contribution in [0.5, 0.6) is 0 Å². The van der Waals surface area contributed by atoms with Gasteiger partial charge in [0.1, 0.15) is 13.0 Å². The van der Waals surface area contributed by atoms with Crippen molar-refractivity contribution in [2.75, 3.05) is 11.6 Å². The molecule has 0 atom stereocenters. The summed E-state index contributed by atoms with van der Waals surface area (Å²) in [5.41, 5.74) is 4.20. The van der Waals surface area contributed by atoms with Gasteiger partial charge < -0.3 is 10.9 Å². The van der Waals surface area contributed by atoms with Crippen LogP contribution in [0.15, 0.2) is 55.1 Å². The Morgan fingerprint density at radius 1 is 1.21 bits per heavy atom. The zero-order valence-electron chi connectivity index (χ0n) is 14.0. The molecule has 24 heavy (non-hydrogen) atoms. The SMILES string of the molecule is ClN1C=C2Cn3ncnc3-c3c(cccc3-n3ccnc3)N2C1.[H-].[Na+]. The largest absolute Gasteiger partial charge is 1.00 e. The van der Waals surface area contributed by atoms with Crippen molar-refractivity contribution in [3.63, 3.8) is 0 Å². The fourth-order valence-electron chi connectivity index (χ4n) is 3.18. The quantitative estimate of drug-likeness (QED) is 0.431. The van der Waals surface area contributed by atoms with Gasteiger partial charge in [0, 0.05) is 30.4 Å². The topological polar surface area (TPSA) is 55.0 Å². The van der Waals surface area contributed by atoms with E-state index >= 15 is 0 Å². The van der Waals surface area contributed by atoms with E-state index in [-0.39, 0.29) is 31.0 Å². The minimum absolute atomic E-state index is 0. The molecular formula is C15H13ClN7Na. The van der Waals surface area contributed by atoms with Crippen LogP contribution in [0.25, 0.3) is 17.1 Å². The zero-order chi connectivity index (χ0) is 15.4. The third-order valence-corrected chi connectivity index (χ3v) is 4.36. The molecule has 0 saturated carbocycles. The second-order valence-electron chi connectivity index (χ2n) is 5.47. The summed E-state index contributed by atoms with van der Waals surface area (Å²) in [5, 5.41) is 4.38. The molecule has 2 aliphatic heterocycles. The normalized spacial score (nSPS) is 15.1. The summed E-state index contributed by atoms with van der Waals surface area (Å²) in [5.74, 6) is 0.848. The number of benzene rings is 1. The zero-order valence-corrected chi connectivity index (χ0v) is 15.8. The van der Waals surface area contributed by atoms with E-state index in [1.54, 1.807) is 23.3 Å². The van der Waals surface area contributed by atoms with Gasteiger partial charge in [-0.3, -0.25) is 4.42 Å². The average Bonchev–Trinajstić information content (AvgIpc) is 3.27. The van der Waals surface area contributed by atoms with Crippen LogP contribution in [0.2, 0.25) is 0 Å². The minimum Gasteiger partial charge on any atom is -1.00 e. The van der Waals surface area contributed by atoms with E-state index in [4.69, 9.17) is 11.8 Å². The number of imidazole rings is 1. The molecule has 0 aliphatic carbocycles. The fourth-order valence-corrected chi connectivity index (χ4v) is 3.40. The number of hydrogen-bond acceptors (Lipinski definition) is 5. The van der Waals surface area contributed by atoms with Crippen molar-refractivity contribution in [2.45, 2.75) is 6.54 Å². The van der Waals surface area contributed by atoms with Crippen LogP contribution in [0.1, 0.15) is 1.43 Å². The smallest absolute Gasteiger partial charge is 1.00 e. The molecule has 0 amide bonds. The molecule has 116 valence electrons. The number of halogens is 1. The summed E-state index contributed by atoms with van der Waals surface area (Å²) in [6, 6.07) is 6.18. The summed E-state index contributed by atoms with van der Waals surface area (Å²) < 4.78 is 5.55. The third kappa shape index (κ3) is 2.28. The van der Waals surface area contributed by atoms with Gasteiger partial charge in [-0.15, -0.1) is 0 Å². The second kappa shape index (κ2) is 5.93. The molecule has 0 spiro atoms. The Kier molecular flexibility index (Phi) is 3.88. The van der Waals surface area contributed by atoms with E-state index in [1.165, 1.54) is 0 Å². The Labute approximate surface area is 167 Å². The van der Waals surface area contributed by atoms with Gasteiger partial charge >= 0.3 is 29.6 Å². The Balaban J connectivity index is 0.000000911. The standard InChI is InChI=1S/C15H12ClN7.Na.H/c16-21-6-11-7-23-15(18-8-19-23)14-12(20-5-4-17-9-20)2-1-3-13(14)22(11)10-21;;/h1-6,8-9H,7,10H2;;/q;+1;-1. The van der Waals surface area contributed by atoms with Crippen molar-refractivity contribution in [3.8, 4) is 17.1 Å². The molecule has 0 N–H and O–H groups in total. The first-order valence-corrected chi connectivity index (χ1v) is 7.55. The van der Waals surface area contributed by atoms with Crippen LogP contribution in [0, 0.1) is 0 Å². The molecule has 2 aromatic heterocycles. The molecular weight excluding hydrogens is 337 g/mol. The number of fused-ring (bicyclic) bond motifs is 5. The van der Waals surface area contributed by atoms with E-state index in [2.05, 4.69) is 32.1 Å². The second-order valence-corrected chi connectivity index (χ2v) is 5.91. The molecule has 7 nitrogen and oxygen atoms in total. The number of aromatic nitrogens is 5. The summed E-state index contributed by atoms with van der Waals surface area (Å²) in [4.78, 5) is 10.8. The van der Waals surface area contributed by atoms with Gasteiger partial charge in [0.2, 0.25) is 0 Å². The average molecular weight is 350 g/mol. The number of hydrogen-bond donors (Lipinski definition) is 0. The first-order valence-electron chi connectivity index (χ1n) is 7.21. The molecule has 0 bridgehead atoms. The summed E-state index contributed by atoms with van der Waals surface area (Å²) in [6.07, 6.45) is 9.01. The maximum Gasteiger partial charge on any atom is 1.00 e. The molecule has 5 rings (SSSR count). The van der Waals surface area contributed by atoms with E-state index in [0.29, 0.717) is 13.2 Å². The molecule has 0 saturated heterocycles. The molecule has 3 aromatic rings. The van der Waals surface area contributed by atoms with Crippen molar-refractivity contribution >= 4 is 17.5 Å². The fraction of sp³-hybridized carbons (Fsp3) is 0.133. The molecule has 2 aliphatic rings. The molecule has 0 unspecified atom stereocenters. The van der Waals surface area contributed by atoms with E-state index in [1.807, 2.05) is 27.7 Å². The van der Waals surface area contributed by atoms with Crippen LogP contribution in [0.4, 0.5) is 5.69 Å². The number of allylic oxidation sites excluding steroid dienone is 1. The Morgan fingerprint density at radius 3 is 2.92 bits per heavy atom. The van der Waals surface area contributed by atoms with Crippen LogP contribution in [-0.4, -0.2) is 35.4 Å². The Hall–Kier alpha value is -1.80. The Morgan fingerprint density at radius 2 is 2.08 bits per heavy atom. The summed E-state index contributed by atoms with van der Waals surface area (Å²) >= 11 is 6.20. The van der Waals surface area contributed by atoms with Gasteiger partial charge in [-0.2, -0.15) is 5.10 Å². The van der Waals surface area contributed by atoms with Gasteiger partial charge in [0.25, 0.3) is 0 Å². The van der Waals surface area contributed by atoms with Crippen LogP contribution < -0.4 is 34.5 Å². The number of nitrogens with zero attached hydrogens (tertiary/aromatic N) is 7. The van der Waals surface area contributed by atoms with Crippen molar-refractivity contribution in [3.05, 3.63) is 55.1 Å². The van der Waals surface area contributed by atoms with E-state index in [9.17, 15) is 0 Å². The Bertz CT molecular complexity index is 924. The third-order valence-electron chi connectivity index (χ3n) is 4.16. The number of anilines is 1. The number of rotatable bonds is 1. The molecule has 1 aromatic carbocycles. The van der Waals surface area contributed by atoms with Crippen molar-refractivity contribution in [1.82, 2.24) is 28.7 Å². The summed E-state index contributed by atoms with van der Waals surface area (Å²) in [6.45, 7) is 1.23. The monoisotopic (exact) mass is 349 g/mol. The van der Waals surface area contributed by atoms with Gasteiger partial charge in [0.05, 0.1) is 35.5 Å². The maximum atomic E-state index is 6.20. The maximum absolute atomic E-state index is 6.20. The minimum atomic E-state index is 0. The summed E-state index contributed by atoms with van der Waals surface area (Å²) in [7, 11) is 0. The van der Waals surface area contributed by atoms with Gasteiger partial charge in [0.15, 0.2) is 5.82 Å². The van der Waals surface area contributed by atoms with E-state index in [0.717, 1.165) is 28.5 Å². The van der Waals surface area contributed by atoms with Gasteiger partial charge in [-0.25, -0.2) is 14.6 Å². The van der Waals surface area contributed by atoms with Gasteiger partial charge in [-0.1, -0.05) is 6.07 Å². The van der Waals surface area contributed by atoms with Crippen molar-refractivity contribution < 1.29 is 31.0 Å². The molecule has 0 radical (unpaired) electrons. The van der Waals surface area contributed by atoms with Crippen LogP contribution in [-0.2, 0) is 6.54 Å². The predicted octanol–water partition coefficient (Wildman–Crippen LogP) is -0.664. The molecule has 4 heterocycles. The predicted molar refractivity (Wildman–Crippen MR) is 86.8 cm³/mol.